The third-order valence-corrected chi connectivity index (χ3v) is 2.99. The van der Waals surface area contributed by atoms with E-state index in [0.29, 0.717) is 6.42 Å². The van der Waals surface area contributed by atoms with Crippen molar-refractivity contribution in [2.45, 2.75) is 46.1 Å². The van der Waals surface area contributed by atoms with Crippen LogP contribution in [0.2, 0.25) is 0 Å². The predicted molar refractivity (Wildman–Crippen MR) is 70.6 cm³/mol. The molecule has 1 heterocycles. The van der Waals surface area contributed by atoms with Crippen LogP contribution in [0.3, 0.4) is 0 Å². The van der Waals surface area contributed by atoms with Gasteiger partial charge in [0.2, 0.25) is 5.91 Å². The summed E-state index contributed by atoms with van der Waals surface area (Å²) in [6.07, 6.45) is 5.79. The maximum Gasteiger partial charge on any atom is 0.222 e. The highest BCUT2D eigenvalue weighted by molar-refractivity contribution is 5.76. The summed E-state index contributed by atoms with van der Waals surface area (Å²) in [4.78, 5) is 14.0. The van der Waals surface area contributed by atoms with E-state index in [1.54, 1.807) is 0 Å². The monoisotopic (exact) mass is 236 g/mol. The summed E-state index contributed by atoms with van der Waals surface area (Å²) in [5.41, 5.74) is 1.20. The van der Waals surface area contributed by atoms with Crippen LogP contribution in [0.1, 0.15) is 45.2 Å². The average molecular weight is 236 g/mol. The molecule has 0 unspecified atom stereocenters. The van der Waals surface area contributed by atoms with Gasteiger partial charge in [-0.2, -0.15) is 0 Å². The summed E-state index contributed by atoms with van der Waals surface area (Å²) >= 11 is 0. The Labute approximate surface area is 104 Å². The molecule has 17 heavy (non-hydrogen) atoms. The highest BCUT2D eigenvalue weighted by Crippen LogP contribution is 2.09. The van der Waals surface area contributed by atoms with E-state index in [-0.39, 0.29) is 5.91 Å². The van der Waals surface area contributed by atoms with Crippen molar-refractivity contribution < 1.29 is 4.79 Å². The summed E-state index contributed by atoms with van der Waals surface area (Å²) in [6, 6.07) is 4.10. The second-order valence-electron chi connectivity index (χ2n) is 4.53. The number of unbranched alkanes of at least 4 members (excludes halogenated alkanes) is 1. The SMILES string of the molecule is CCCCC(=O)N(CCC)Cc1cccn1C. The van der Waals surface area contributed by atoms with Gasteiger partial charge in [0.25, 0.3) is 0 Å². The van der Waals surface area contributed by atoms with Crippen LogP contribution < -0.4 is 0 Å². The Morgan fingerprint density at radius 2 is 2.12 bits per heavy atom. The molecule has 0 radical (unpaired) electrons. The number of aryl methyl sites for hydroxylation is 1. The van der Waals surface area contributed by atoms with Gasteiger partial charge in [0.05, 0.1) is 6.54 Å². The molecule has 0 aromatic carbocycles. The van der Waals surface area contributed by atoms with E-state index in [4.69, 9.17) is 0 Å². The lowest BCUT2D eigenvalue weighted by Crippen LogP contribution is -2.31. The zero-order chi connectivity index (χ0) is 12.7. The number of amides is 1. The predicted octanol–water partition coefficient (Wildman–Crippen LogP) is 2.95. The van der Waals surface area contributed by atoms with Crippen LogP contribution in [0.4, 0.5) is 0 Å². The molecular weight excluding hydrogens is 212 g/mol. The zero-order valence-electron chi connectivity index (χ0n) is 11.3. The quantitative estimate of drug-likeness (QED) is 0.714. The molecule has 1 aromatic rings. The van der Waals surface area contributed by atoms with Crippen molar-refractivity contribution in [1.29, 1.82) is 0 Å². The van der Waals surface area contributed by atoms with E-state index in [0.717, 1.165) is 32.4 Å². The van der Waals surface area contributed by atoms with Gasteiger partial charge in [0, 0.05) is 31.9 Å². The largest absolute Gasteiger partial charge is 0.353 e. The molecular formula is C14H24N2O. The lowest BCUT2D eigenvalue weighted by Gasteiger charge is -2.22. The van der Waals surface area contributed by atoms with E-state index in [1.165, 1.54) is 5.69 Å². The third-order valence-electron chi connectivity index (χ3n) is 2.99. The molecule has 1 aromatic heterocycles. The Morgan fingerprint density at radius 3 is 2.65 bits per heavy atom. The molecule has 0 aliphatic heterocycles. The Kier molecular flexibility index (Phi) is 5.81. The van der Waals surface area contributed by atoms with Crippen molar-refractivity contribution in [3.63, 3.8) is 0 Å². The standard InChI is InChI=1S/C14H24N2O/c1-4-6-9-14(17)16(10-5-2)12-13-8-7-11-15(13)3/h7-8,11H,4-6,9-10,12H2,1-3H3. The lowest BCUT2D eigenvalue weighted by molar-refractivity contribution is -0.132. The number of hydrogen-bond donors (Lipinski definition) is 0. The molecule has 3 heteroatoms. The zero-order valence-corrected chi connectivity index (χ0v) is 11.3. The molecule has 0 N–H and O–H groups in total. The highest BCUT2D eigenvalue weighted by atomic mass is 16.2. The molecule has 96 valence electrons. The second-order valence-corrected chi connectivity index (χ2v) is 4.53. The van der Waals surface area contributed by atoms with Gasteiger partial charge in [-0.15, -0.1) is 0 Å². The topological polar surface area (TPSA) is 25.2 Å². The fraction of sp³-hybridized carbons (Fsp3) is 0.643. The lowest BCUT2D eigenvalue weighted by atomic mass is 10.2. The van der Waals surface area contributed by atoms with Gasteiger partial charge in [-0.25, -0.2) is 0 Å². The van der Waals surface area contributed by atoms with Crippen molar-refractivity contribution in [2.75, 3.05) is 6.54 Å². The van der Waals surface area contributed by atoms with Crippen molar-refractivity contribution in [3.8, 4) is 0 Å². The first-order valence-electron chi connectivity index (χ1n) is 6.57. The summed E-state index contributed by atoms with van der Waals surface area (Å²) in [7, 11) is 2.02. The number of carbonyl (C=O) groups is 1. The minimum Gasteiger partial charge on any atom is -0.353 e. The fourth-order valence-corrected chi connectivity index (χ4v) is 1.90. The van der Waals surface area contributed by atoms with Crippen molar-refractivity contribution >= 4 is 5.91 Å². The minimum atomic E-state index is 0.287. The summed E-state index contributed by atoms with van der Waals surface area (Å²) in [5.74, 6) is 0.287. The molecule has 1 amide bonds. The summed E-state index contributed by atoms with van der Waals surface area (Å²) < 4.78 is 2.08. The normalized spacial score (nSPS) is 10.5. The number of carbonyl (C=O) groups excluding carboxylic acids is 1. The van der Waals surface area contributed by atoms with Crippen LogP contribution in [0.15, 0.2) is 18.3 Å². The molecule has 1 rings (SSSR count). The Bertz CT molecular complexity index is 344. The van der Waals surface area contributed by atoms with Gasteiger partial charge in [-0.3, -0.25) is 4.79 Å². The van der Waals surface area contributed by atoms with Crippen molar-refractivity contribution in [1.82, 2.24) is 9.47 Å². The number of hydrogen-bond acceptors (Lipinski definition) is 1. The van der Waals surface area contributed by atoms with Gasteiger partial charge in [0.1, 0.15) is 0 Å². The van der Waals surface area contributed by atoms with Gasteiger partial charge >= 0.3 is 0 Å². The highest BCUT2D eigenvalue weighted by Gasteiger charge is 2.13. The third kappa shape index (κ3) is 4.25. The number of aromatic nitrogens is 1. The number of rotatable bonds is 7. The first-order valence-corrected chi connectivity index (χ1v) is 6.57. The Hall–Kier alpha value is -1.25. The van der Waals surface area contributed by atoms with E-state index in [9.17, 15) is 4.79 Å². The molecule has 3 nitrogen and oxygen atoms in total. The molecule has 0 spiro atoms. The molecule has 0 saturated carbocycles. The molecule has 0 bridgehead atoms. The van der Waals surface area contributed by atoms with E-state index >= 15 is 0 Å². The van der Waals surface area contributed by atoms with Crippen LogP contribution in [-0.2, 0) is 18.4 Å². The van der Waals surface area contributed by atoms with Gasteiger partial charge in [0.15, 0.2) is 0 Å². The van der Waals surface area contributed by atoms with Crippen LogP contribution in [0.25, 0.3) is 0 Å². The fourth-order valence-electron chi connectivity index (χ4n) is 1.90. The van der Waals surface area contributed by atoms with E-state index < -0.39 is 0 Å². The molecule has 0 aliphatic carbocycles. The molecule has 0 aliphatic rings. The van der Waals surface area contributed by atoms with E-state index in [2.05, 4.69) is 24.5 Å². The van der Waals surface area contributed by atoms with Crippen LogP contribution in [0, 0.1) is 0 Å². The van der Waals surface area contributed by atoms with Crippen LogP contribution in [-0.4, -0.2) is 21.9 Å². The van der Waals surface area contributed by atoms with Gasteiger partial charge in [-0.1, -0.05) is 20.3 Å². The second kappa shape index (κ2) is 7.15. The van der Waals surface area contributed by atoms with Gasteiger partial charge in [-0.05, 0) is 25.0 Å². The molecule has 0 saturated heterocycles. The molecule has 0 fully saturated rings. The van der Waals surface area contributed by atoms with Crippen molar-refractivity contribution in [2.24, 2.45) is 7.05 Å². The van der Waals surface area contributed by atoms with Gasteiger partial charge < -0.3 is 9.47 Å². The first-order chi connectivity index (χ1) is 8.19. The van der Waals surface area contributed by atoms with Crippen molar-refractivity contribution in [3.05, 3.63) is 24.0 Å². The summed E-state index contributed by atoms with van der Waals surface area (Å²) in [6.45, 7) is 5.83. The van der Waals surface area contributed by atoms with Crippen LogP contribution >= 0.6 is 0 Å². The Morgan fingerprint density at radius 1 is 1.35 bits per heavy atom. The summed E-state index contributed by atoms with van der Waals surface area (Å²) in [5, 5.41) is 0. The number of nitrogens with zero attached hydrogens (tertiary/aromatic N) is 2. The van der Waals surface area contributed by atoms with E-state index in [1.807, 2.05) is 24.2 Å². The van der Waals surface area contributed by atoms with Crippen LogP contribution in [0.5, 0.6) is 0 Å². The Balaban J connectivity index is 2.59. The first kappa shape index (κ1) is 13.8. The molecule has 0 atom stereocenters. The maximum atomic E-state index is 12.0. The average Bonchev–Trinajstić information content (AvgIpc) is 2.71. The smallest absolute Gasteiger partial charge is 0.222 e. The maximum absolute atomic E-state index is 12.0. The minimum absolute atomic E-state index is 0.287.